The molecule has 2 rings (SSSR count). The summed E-state index contributed by atoms with van der Waals surface area (Å²) in [7, 11) is 0. The van der Waals surface area contributed by atoms with Crippen molar-refractivity contribution in [2.45, 2.75) is 79.1 Å². The molecule has 0 heterocycles. The normalized spacial score (nSPS) is 10.8. The monoisotopic (exact) mass is 507 g/mol. The molecule has 4 N–H and O–H groups in total. The third-order valence-electron chi connectivity index (χ3n) is 5.36. The summed E-state index contributed by atoms with van der Waals surface area (Å²) in [5, 5.41) is 37.7. The van der Waals surface area contributed by atoms with Gasteiger partial charge in [0.1, 0.15) is 22.6 Å². The predicted octanol–water partition coefficient (Wildman–Crippen LogP) is 6.67. The van der Waals surface area contributed by atoms with Crippen molar-refractivity contribution in [1.82, 2.24) is 0 Å². The molecule has 0 fully saturated rings. The summed E-state index contributed by atoms with van der Waals surface area (Å²) in [6.07, 6.45) is 0. The summed E-state index contributed by atoms with van der Waals surface area (Å²) in [6.45, 7) is 15.7. The molecule has 0 spiro atoms. The molecule has 0 unspecified atom stereocenters. The zero-order chi connectivity index (χ0) is 24.9. The first-order chi connectivity index (χ1) is 14.7. The van der Waals surface area contributed by atoms with Gasteiger partial charge in [-0.1, -0.05) is 67.5 Å². The van der Waals surface area contributed by atoms with Crippen LogP contribution in [-0.4, -0.2) is 32.4 Å². The van der Waals surface area contributed by atoms with Gasteiger partial charge in [-0.3, -0.25) is 0 Å². The number of aromatic carboxylic acids is 2. The third-order valence-corrected chi connectivity index (χ3v) is 5.36. The molecule has 0 aliphatic heterocycles. The standard InChI is InChI=1S/2C13H18O3.Cu/c2*1-7(2)9-5-10(8(3)4)12(14)11(6-9)13(15)16;/h2*5-8,14H,1-4H3,(H,15,16);. The second kappa shape index (κ2) is 12.7. The summed E-state index contributed by atoms with van der Waals surface area (Å²) in [6, 6.07) is 6.87. The minimum atomic E-state index is -1.08. The van der Waals surface area contributed by atoms with Crippen LogP contribution in [0.4, 0.5) is 0 Å². The van der Waals surface area contributed by atoms with E-state index in [0.29, 0.717) is 11.1 Å². The van der Waals surface area contributed by atoms with Crippen LogP contribution >= 0.6 is 0 Å². The first-order valence-electron chi connectivity index (χ1n) is 10.9. The fourth-order valence-electron chi connectivity index (χ4n) is 3.23. The van der Waals surface area contributed by atoms with Crippen LogP contribution in [0.1, 0.15) is 122 Å². The maximum Gasteiger partial charge on any atom is 0.339 e. The molecule has 0 saturated heterocycles. The van der Waals surface area contributed by atoms with Gasteiger partial charge in [-0.15, -0.1) is 0 Å². The van der Waals surface area contributed by atoms with Crippen molar-refractivity contribution >= 4 is 11.9 Å². The van der Waals surface area contributed by atoms with E-state index in [4.69, 9.17) is 10.2 Å². The molecule has 0 aliphatic carbocycles. The van der Waals surface area contributed by atoms with Crippen molar-refractivity contribution in [2.24, 2.45) is 0 Å². The average Bonchev–Trinajstić information content (AvgIpc) is 2.67. The Hall–Kier alpha value is -2.50. The Morgan fingerprint density at radius 2 is 0.848 bits per heavy atom. The van der Waals surface area contributed by atoms with Crippen molar-refractivity contribution in [3.05, 3.63) is 57.6 Å². The van der Waals surface area contributed by atoms with Crippen LogP contribution in [0.2, 0.25) is 0 Å². The molecular formula is C26H36CuO6. The Balaban J connectivity index is 0.000000602. The van der Waals surface area contributed by atoms with Gasteiger partial charge >= 0.3 is 11.9 Å². The number of carboxylic acids is 2. The zero-order valence-electron chi connectivity index (χ0n) is 20.5. The summed E-state index contributed by atoms with van der Waals surface area (Å²) in [4.78, 5) is 22.0. The summed E-state index contributed by atoms with van der Waals surface area (Å²) in [5.74, 6) is -1.66. The molecule has 187 valence electrons. The number of benzene rings is 2. The minimum absolute atomic E-state index is 0. The molecule has 33 heavy (non-hydrogen) atoms. The molecule has 2 aromatic carbocycles. The van der Waals surface area contributed by atoms with E-state index >= 15 is 0 Å². The molecule has 1 radical (unpaired) electrons. The van der Waals surface area contributed by atoms with E-state index in [0.717, 1.165) is 11.1 Å². The van der Waals surface area contributed by atoms with Gasteiger partial charge in [-0.25, -0.2) is 9.59 Å². The van der Waals surface area contributed by atoms with Crippen LogP contribution in [0.25, 0.3) is 0 Å². The molecule has 7 heteroatoms. The number of phenols is 2. The minimum Gasteiger partial charge on any atom is -0.507 e. The number of hydrogen-bond acceptors (Lipinski definition) is 4. The zero-order valence-corrected chi connectivity index (χ0v) is 21.5. The smallest absolute Gasteiger partial charge is 0.339 e. The summed E-state index contributed by atoms with van der Waals surface area (Å²) >= 11 is 0. The van der Waals surface area contributed by atoms with Crippen LogP contribution in [0.3, 0.4) is 0 Å². The van der Waals surface area contributed by atoms with E-state index in [-0.39, 0.29) is 63.4 Å². The number of hydrogen-bond donors (Lipinski definition) is 4. The van der Waals surface area contributed by atoms with Crippen molar-refractivity contribution < 1.29 is 47.1 Å². The van der Waals surface area contributed by atoms with Crippen LogP contribution in [-0.2, 0) is 17.1 Å². The van der Waals surface area contributed by atoms with Gasteiger partial charge < -0.3 is 20.4 Å². The second-order valence-electron chi connectivity index (χ2n) is 9.24. The van der Waals surface area contributed by atoms with Gasteiger partial charge in [0, 0.05) is 17.1 Å². The molecule has 0 aromatic heterocycles. The van der Waals surface area contributed by atoms with E-state index in [1.165, 1.54) is 0 Å². The van der Waals surface area contributed by atoms with Crippen molar-refractivity contribution in [2.75, 3.05) is 0 Å². The first kappa shape index (κ1) is 30.5. The Bertz CT molecular complexity index is 898. The molecule has 0 aliphatic rings. The van der Waals surface area contributed by atoms with Gasteiger partial charge in [0.05, 0.1) is 0 Å². The van der Waals surface area contributed by atoms with Gasteiger partial charge in [-0.05, 0) is 58.1 Å². The number of carbonyl (C=O) groups is 2. The Morgan fingerprint density at radius 1 is 0.576 bits per heavy atom. The fraction of sp³-hybridized carbons (Fsp3) is 0.462. The van der Waals surface area contributed by atoms with Gasteiger partial charge in [0.25, 0.3) is 0 Å². The Labute approximate surface area is 207 Å². The molecule has 0 atom stereocenters. The number of carboxylic acid groups (broad SMARTS) is 2. The van der Waals surface area contributed by atoms with E-state index in [1.54, 1.807) is 12.1 Å². The molecule has 2 aromatic rings. The molecule has 0 bridgehead atoms. The van der Waals surface area contributed by atoms with Crippen LogP contribution in [0.15, 0.2) is 24.3 Å². The largest absolute Gasteiger partial charge is 0.507 e. The molecular weight excluding hydrogens is 472 g/mol. The van der Waals surface area contributed by atoms with Crippen molar-refractivity contribution in [3.63, 3.8) is 0 Å². The Kier molecular flexibility index (Phi) is 11.7. The first-order valence-corrected chi connectivity index (χ1v) is 10.9. The predicted molar refractivity (Wildman–Crippen MR) is 126 cm³/mol. The van der Waals surface area contributed by atoms with Crippen molar-refractivity contribution in [1.29, 1.82) is 0 Å². The van der Waals surface area contributed by atoms with Crippen LogP contribution in [0, 0.1) is 0 Å². The topological polar surface area (TPSA) is 115 Å². The average molecular weight is 508 g/mol. The maximum atomic E-state index is 11.0. The van der Waals surface area contributed by atoms with Crippen molar-refractivity contribution in [3.8, 4) is 11.5 Å². The van der Waals surface area contributed by atoms with Crippen LogP contribution < -0.4 is 0 Å². The fourth-order valence-corrected chi connectivity index (χ4v) is 3.23. The van der Waals surface area contributed by atoms with Gasteiger partial charge in [0.2, 0.25) is 0 Å². The SMILES string of the molecule is CC(C)c1cc(C(=O)O)c(O)c(C(C)C)c1.CC(C)c1cc(C(=O)O)c(O)c(C(C)C)c1.[Cu]. The Morgan fingerprint density at radius 3 is 1.03 bits per heavy atom. The maximum absolute atomic E-state index is 11.0. The number of rotatable bonds is 6. The number of aromatic hydroxyl groups is 2. The molecule has 0 amide bonds. The van der Waals surface area contributed by atoms with E-state index in [1.807, 2.05) is 67.5 Å². The van der Waals surface area contributed by atoms with Gasteiger partial charge in [-0.2, -0.15) is 0 Å². The van der Waals surface area contributed by atoms with E-state index in [9.17, 15) is 19.8 Å². The van der Waals surface area contributed by atoms with E-state index < -0.39 is 11.9 Å². The third kappa shape index (κ3) is 7.79. The van der Waals surface area contributed by atoms with Gasteiger partial charge in [0.15, 0.2) is 0 Å². The van der Waals surface area contributed by atoms with E-state index in [2.05, 4.69) is 0 Å². The summed E-state index contributed by atoms with van der Waals surface area (Å²) < 4.78 is 0. The quantitative estimate of drug-likeness (QED) is 0.324. The molecule has 0 saturated carbocycles. The molecule has 6 nitrogen and oxygen atoms in total. The summed E-state index contributed by atoms with van der Waals surface area (Å²) in [5.41, 5.74) is 3.27. The van der Waals surface area contributed by atoms with Crippen LogP contribution in [0.5, 0.6) is 11.5 Å². The second-order valence-corrected chi connectivity index (χ2v) is 9.24.